The van der Waals surface area contributed by atoms with Crippen LogP contribution in [-0.2, 0) is 0 Å². The molecule has 2 heterocycles. The Bertz CT molecular complexity index is 1070. The van der Waals surface area contributed by atoms with Gasteiger partial charge in [0.1, 0.15) is 11.1 Å². The number of H-pyrrole nitrogens is 1. The number of fused-ring (bicyclic) bond motifs is 3. The summed E-state index contributed by atoms with van der Waals surface area (Å²) in [7, 11) is 0. The number of aromatic carboxylic acids is 1. The number of carboxylic acid groups (broad SMARTS) is 1. The molecule has 112 valence electrons. The molecule has 0 bridgehead atoms. The predicted octanol–water partition coefficient (Wildman–Crippen LogP) is 4.06. The number of rotatable bonds is 2. The van der Waals surface area contributed by atoms with Crippen molar-refractivity contribution >= 4 is 43.7 Å². The van der Waals surface area contributed by atoms with E-state index in [0.29, 0.717) is 5.69 Å². The van der Waals surface area contributed by atoms with E-state index in [-0.39, 0.29) is 5.56 Å². The molecule has 0 atom stereocenters. The van der Waals surface area contributed by atoms with Crippen molar-refractivity contribution in [1.82, 2.24) is 4.98 Å². The number of aromatic nitrogens is 2. The second kappa shape index (κ2) is 5.21. The summed E-state index contributed by atoms with van der Waals surface area (Å²) in [6.45, 7) is 0. The van der Waals surface area contributed by atoms with Gasteiger partial charge in [0.15, 0.2) is 12.4 Å². The number of hydrogen-bond donors (Lipinski definition) is 2. The quantitative estimate of drug-likeness (QED) is 0.525. The largest absolute Gasteiger partial charge is 0.477 e. The first-order valence-corrected chi connectivity index (χ1v) is 7.88. The molecular weight excluding hydrogens is 356 g/mol. The van der Waals surface area contributed by atoms with Gasteiger partial charge in [-0.1, -0.05) is 34.1 Å². The van der Waals surface area contributed by atoms with Gasteiger partial charge in [-0.25, -0.2) is 4.79 Å². The van der Waals surface area contributed by atoms with Crippen molar-refractivity contribution in [1.29, 1.82) is 0 Å². The molecule has 0 amide bonds. The number of nitrogens with zero attached hydrogens (tertiary/aromatic N) is 1. The van der Waals surface area contributed by atoms with Gasteiger partial charge in [-0.2, -0.15) is 4.57 Å². The molecule has 0 aliphatic heterocycles. The molecule has 0 fully saturated rings. The maximum atomic E-state index is 11.5. The standard InChI is InChI=1S/C18H11BrN2O2/c19-11-5-6-14(18(22)23)17(9-11)21-8-7-13-12-3-1-2-4-15(12)20-16(13)10-21/h1-10H,(H,22,23)/p+1. The van der Waals surface area contributed by atoms with E-state index in [9.17, 15) is 9.90 Å². The summed E-state index contributed by atoms with van der Waals surface area (Å²) in [4.78, 5) is 14.8. The zero-order chi connectivity index (χ0) is 16.0. The average molecular weight is 368 g/mol. The second-order valence-corrected chi connectivity index (χ2v) is 6.23. The van der Waals surface area contributed by atoms with Gasteiger partial charge in [-0.15, -0.1) is 0 Å². The third-order valence-corrected chi connectivity index (χ3v) is 4.41. The number of benzene rings is 2. The molecule has 0 aliphatic rings. The lowest BCUT2D eigenvalue weighted by Gasteiger charge is -2.02. The van der Waals surface area contributed by atoms with E-state index in [1.807, 2.05) is 41.2 Å². The van der Waals surface area contributed by atoms with Crippen molar-refractivity contribution in [3.05, 3.63) is 71.0 Å². The lowest BCUT2D eigenvalue weighted by Crippen LogP contribution is -2.32. The van der Waals surface area contributed by atoms with Crippen LogP contribution >= 0.6 is 15.9 Å². The van der Waals surface area contributed by atoms with Gasteiger partial charge in [0.25, 0.3) is 0 Å². The van der Waals surface area contributed by atoms with Crippen LogP contribution in [0.3, 0.4) is 0 Å². The fourth-order valence-corrected chi connectivity index (χ4v) is 3.20. The highest BCUT2D eigenvalue weighted by Gasteiger charge is 2.19. The topological polar surface area (TPSA) is 57.0 Å². The van der Waals surface area contributed by atoms with E-state index in [2.05, 4.69) is 27.0 Å². The number of nitrogens with one attached hydrogen (secondary N) is 1. The number of para-hydroxylation sites is 1. The molecule has 5 heteroatoms. The maximum Gasteiger partial charge on any atom is 0.342 e. The number of carbonyl (C=O) groups is 1. The second-order valence-electron chi connectivity index (χ2n) is 5.32. The Hall–Kier alpha value is -2.66. The molecule has 0 saturated heterocycles. The molecule has 0 unspecified atom stereocenters. The number of hydrogen-bond acceptors (Lipinski definition) is 1. The fourth-order valence-electron chi connectivity index (χ4n) is 2.85. The van der Waals surface area contributed by atoms with Gasteiger partial charge in [0.2, 0.25) is 5.69 Å². The van der Waals surface area contributed by atoms with Crippen molar-refractivity contribution in [2.75, 3.05) is 0 Å². The van der Waals surface area contributed by atoms with Crippen molar-refractivity contribution in [2.45, 2.75) is 0 Å². The summed E-state index contributed by atoms with van der Waals surface area (Å²) in [6.07, 6.45) is 3.81. The minimum absolute atomic E-state index is 0.258. The van der Waals surface area contributed by atoms with Crippen molar-refractivity contribution in [3.8, 4) is 5.69 Å². The van der Waals surface area contributed by atoms with Crippen LogP contribution in [-0.4, -0.2) is 16.1 Å². The summed E-state index contributed by atoms with van der Waals surface area (Å²) < 4.78 is 2.66. The highest BCUT2D eigenvalue weighted by Crippen LogP contribution is 2.24. The molecule has 2 aromatic heterocycles. The maximum absolute atomic E-state index is 11.5. The van der Waals surface area contributed by atoms with E-state index in [0.717, 1.165) is 26.3 Å². The van der Waals surface area contributed by atoms with E-state index in [1.54, 1.807) is 18.2 Å². The average Bonchev–Trinajstić information content (AvgIpc) is 2.92. The SMILES string of the molecule is O=C(O)c1ccc(Br)cc1-[n+]1ccc2c(c1)[nH]c1ccccc12. The molecule has 0 spiro atoms. The summed E-state index contributed by atoms with van der Waals surface area (Å²) >= 11 is 3.41. The Morgan fingerprint density at radius 1 is 1.04 bits per heavy atom. The smallest absolute Gasteiger partial charge is 0.342 e. The number of pyridine rings is 1. The Balaban J connectivity index is 1.98. The molecule has 0 radical (unpaired) electrons. The van der Waals surface area contributed by atoms with Gasteiger partial charge in [0.05, 0.1) is 0 Å². The van der Waals surface area contributed by atoms with Gasteiger partial charge < -0.3 is 10.1 Å². The monoisotopic (exact) mass is 367 g/mol. The fraction of sp³-hybridized carbons (Fsp3) is 0. The van der Waals surface area contributed by atoms with Crippen LogP contribution < -0.4 is 4.57 Å². The molecular formula is C18H12BrN2O2+. The molecule has 0 saturated carbocycles. The first-order valence-electron chi connectivity index (χ1n) is 7.08. The Morgan fingerprint density at radius 3 is 2.65 bits per heavy atom. The number of carboxylic acids is 1. The van der Waals surface area contributed by atoms with Gasteiger partial charge in [-0.3, -0.25) is 0 Å². The first kappa shape index (κ1) is 14.0. The molecule has 23 heavy (non-hydrogen) atoms. The van der Waals surface area contributed by atoms with E-state index >= 15 is 0 Å². The number of aromatic amines is 1. The zero-order valence-electron chi connectivity index (χ0n) is 12.0. The Kier molecular flexibility index (Phi) is 3.16. The normalized spacial score (nSPS) is 11.2. The van der Waals surface area contributed by atoms with Crippen LogP contribution in [0.15, 0.2) is 65.4 Å². The molecule has 2 N–H and O–H groups in total. The van der Waals surface area contributed by atoms with Gasteiger partial charge in [-0.05, 0) is 18.2 Å². The highest BCUT2D eigenvalue weighted by molar-refractivity contribution is 9.10. The van der Waals surface area contributed by atoms with Crippen LogP contribution in [0.4, 0.5) is 0 Å². The summed E-state index contributed by atoms with van der Waals surface area (Å²) in [5, 5.41) is 11.7. The number of halogens is 1. The van der Waals surface area contributed by atoms with Crippen LogP contribution in [0.5, 0.6) is 0 Å². The Labute approximate surface area is 140 Å². The van der Waals surface area contributed by atoms with Crippen LogP contribution in [0.2, 0.25) is 0 Å². The molecule has 4 aromatic rings. The van der Waals surface area contributed by atoms with E-state index < -0.39 is 5.97 Å². The third-order valence-electron chi connectivity index (χ3n) is 3.92. The van der Waals surface area contributed by atoms with Crippen LogP contribution in [0, 0.1) is 0 Å². The van der Waals surface area contributed by atoms with E-state index in [4.69, 9.17) is 0 Å². The van der Waals surface area contributed by atoms with Crippen molar-refractivity contribution < 1.29 is 14.5 Å². The van der Waals surface area contributed by atoms with Gasteiger partial charge in [0, 0.05) is 32.9 Å². The molecule has 4 nitrogen and oxygen atoms in total. The predicted molar refractivity (Wildman–Crippen MR) is 92.0 cm³/mol. The lowest BCUT2D eigenvalue weighted by atomic mass is 10.1. The minimum Gasteiger partial charge on any atom is -0.477 e. The first-order chi connectivity index (χ1) is 11.1. The molecule has 2 aromatic carbocycles. The Morgan fingerprint density at radius 2 is 1.83 bits per heavy atom. The summed E-state index contributed by atoms with van der Waals surface area (Å²) in [5.41, 5.74) is 2.90. The van der Waals surface area contributed by atoms with E-state index in [1.165, 1.54) is 0 Å². The van der Waals surface area contributed by atoms with Gasteiger partial charge >= 0.3 is 5.97 Å². The lowest BCUT2D eigenvalue weighted by molar-refractivity contribution is -0.594. The minimum atomic E-state index is -0.947. The third kappa shape index (κ3) is 2.29. The van der Waals surface area contributed by atoms with Crippen molar-refractivity contribution in [2.24, 2.45) is 0 Å². The molecule has 4 rings (SSSR count). The summed E-state index contributed by atoms with van der Waals surface area (Å²) in [5.74, 6) is -0.947. The highest BCUT2D eigenvalue weighted by atomic mass is 79.9. The van der Waals surface area contributed by atoms with Crippen LogP contribution in [0.25, 0.3) is 27.5 Å². The zero-order valence-corrected chi connectivity index (χ0v) is 13.5. The van der Waals surface area contributed by atoms with Crippen molar-refractivity contribution in [3.63, 3.8) is 0 Å². The summed E-state index contributed by atoms with van der Waals surface area (Å²) in [6, 6.07) is 15.2. The van der Waals surface area contributed by atoms with Crippen LogP contribution in [0.1, 0.15) is 10.4 Å². The molecule has 0 aliphatic carbocycles.